The van der Waals surface area contributed by atoms with Gasteiger partial charge in [0.25, 0.3) is 0 Å². The first kappa shape index (κ1) is 11.3. The second-order valence-electron chi connectivity index (χ2n) is 4.52. The van der Waals surface area contributed by atoms with E-state index in [0.717, 1.165) is 26.2 Å². The number of hydrogen-bond acceptors (Lipinski definition) is 4. The first-order valence-corrected chi connectivity index (χ1v) is 7.14. The van der Waals surface area contributed by atoms with Crippen LogP contribution in [0.4, 0.5) is 4.39 Å². The number of alkyl halides is 1. The maximum Gasteiger partial charge on any atom is 0.153 e. The minimum atomic E-state index is -3.12. The van der Waals surface area contributed by atoms with Crippen LogP contribution in [0, 0.1) is 0 Å². The summed E-state index contributed by atoms with van der Waals surface area (Å²) in [6, 6.07) is 0. The molecule has 0 spiro atoms. The molecule has 88 valence electrons. The highest BCUT2D eigenvalue weighted by molar-refractivity contribution is 7.91. The highest BCUT2D eigenvalue weighted by Crippen LogP contribution is 2.28. The molecule has 2 aliphatic rings. The predicted octanol–water partition coefficient (Wildman–Crippen LogP) is -0.582. The molecular formula is C9H17FN2O2S. The van der Waals surface area contributed by atoms with E-state index in [1.165, 1.54) is 0 Å². The monoisotopic (exact) mass is 236 g/mol. The molecule has 0 aromatic heterocycles. The van der Waals surface area contributed by atoms with Gasteiger partial charge in [0.15, 0.2) is 9.84 Å². The van der Waals surface area contributed by atoms with Crippen LogP contribution in [0.1, 0.15) is 6.42 Å². The van der Waals surface area contributed by atoms with Gasteiger partial charge in [-0.25, -0.2) is 12.8 Å². The molecule has 0 saturated carbocycles. The van der Waals surface area contributed by atoms with Crippen LogP contribution in [0.15, 0.2) is 0 Å². The molecule has 0 aliphatic carbocycles. The Morgan fingerprint density at radius 1 is 1.33 bits per heavy atom. The third kappa shape index (κ3) is 2.89. The molecule has 4 nitrogen and oxygen atoms in total. The fourth-order valence-electron chi connectivity index (χ4n) is 2.27. The van der Waals surface area contributed by atoms with Gasteiger partial charge in [0.05, 0.1) is 11.5 Å². The zero-order chi connectivity index (χ0) is 10.9. The molecule has 1 unspecified atom stereocenters. The summed E-state index contributed by atoms with van der Waals surface area (Å²) in [7, 11) is -3.12. The molecular weight excluding hydrogens is 219 g/mol. The standard InChI is InChI=1S/C9H17FN2O2S/c10-9(1-6-15(13,14)8-9)7-12-4-2-11-3-5-12/h11H,1-8H2. The lowest BCUT2D eigenvalue weighted by Crippen LogP contribution is -2.49. The average molecular weight is 236 g/mol. The molecule has 0 amide bonds. The van der Waals surface area contributed by atoms with Gasteiger partial charge < -0.3 is 5.32 Å². The SMILES string of the molecule is O=S1(=O)CCC(F)(CN2CCNCC2)C1. The normalized spacial score (nSPS) is 36.9. The van der Waals surface area contributed by atoms with E-state index in [4.69, 9.17) is 0 Å². The lowest BCUT2D eigenvalue weighted by atomic mass is 10.1. The Kier molecular flexibility index (Phi) is 3.00. The average Bonchev–Trinajstić information content (AvgIpc) is 2.42. The van der Waals surface area contributed by atoms with E-state index in [-0.39, 0.29) is 24.5 Å². The minimum absolute atomic E-state index is 0.00951. The first-order chi connectivity index (χ1) is 6.99. The van der Waals surface area contributed by atoms with Gasteiger partial charge in [-0.15, -0.1) is 0 Å². The molecule has 6 heteroatoms. The maximum atomic E-state index is 14.2. The summed E-state index contributed by atoms with van der Waals surface area (Å²) < 4.78 is 36.6. The van der Waals surface area contributed by atoms with Gasteiger partial charge in [-0.2, -0.15) is 0 Å². The van der Waals surface area contributed by atoms with Crippen molar-refractivity contribution in [1.29, 1.82) is 0 Å². The number of piperazine rings is 1. The number of nitrogens with one attached hydrogen (secondary N) is 1. The van der Waals surface area contributed by atoms with E-state index in [1.807, 2.05) is 4.90 Å². The van der Waals surface area contributed by atoms with Gasteiger partial charge in [-0.1, -0.05) is 0 Å². The van der Waals surface area contributed by atoms with Crippen molar-refractivity contribution >= 4 is 9.84 Å². The fourth-order valence-corrected chi connectivity index (χ4v) is 4.12. The van der Waals surface area contributed by atoms with Gasteiger partial charge in [0.1, 0.15) is 5.67 Å². The van der Waals surface area contributed by atoms with Crippen LogP contribution in [0.2, 0.25) is 0 Å². The third-order valence-electron chi connectivity index (χ3n) is 3.06. The Hall–Kier alpha value is -0.200. The Bertz CT molecular complexity index is 327. The van der Waals surface area contributed by atoms with Gasteiger partial charge in [0, 0.05) is 32.7 Å². The summed E-state index contributed by atoms with van der Waals surface area (Å²) in [6.45, 7) is 3.62. The summed E-state index contributed by atoms with van der Waals surface area (Å²) >= 11 is 0. The largest absolute Gasteiger partial charge is 0.314 e. The molecule has 15 heavy (non-hydrogen) atoms. The summed E-state index contributed by atoms with van der Waals surface area (Å²) in [5, 5.41) is 3.19. The second-order valence-corrected chi connectivity index (χ2v) is 6.70. The molecule has 0 bridgehead atoms. The van der Waals surface area contributed by atoms with Crippen molar-refractivity contribution in [1.82, 2.24) is 10.2 Å². The van der Waals surface area contributed by atoms with Crippen molar-refractivity contribution in [2.45, 2.75) is 12.1 Å². The Morgan fingerprint density at radius 2 is 2.00 bits per heavy atom. The van der Waals surface area contributed by atoms with Crippen molar-refractivity contribution in [3.63, 3.8) is 0 Å². The van der Waals surface area contributed by atoms with E-state index < -0.39 is 15.5 Å². The third-order valence-corrected chi connectivity index (χ3v) is 4.84. The zero-order valence-corrected chi connectivity index (χ0v) is 9.52. The predicted molar refractivity (Wildman–Crippen MR) is 56.4 cm³/mol. The van der Waals surface area contributed by atoms with Crippen LogP contribution in [-0.2, 0) is 9.84 Å². The van der Waals surface area contributed by atoms with Crippen LogP contribution in [-0.4, -0.2) is 63.2 Å². The summed E-state index contributed by atoms with van der Waals surface area (Å²) in [4.78, 5) is 2.01. The topological polar surface area (TPSA) is 49.4 Å². The van der Waals surface area contributed by atoms with E-state index >= 15 is 0 Å². The number of nitrogens with zero attached hydrogens (tertiary/aromatic N) is 1. The van der Waals surface area contributed by atoms with Crippen LogP contribution < -0.4 is 5.32 Å². The Morgan fingerprint density at radius 3 is 2.53 bits per heavy atom. The molecule has 2 saturated heterocycles. The van der Waals surface area contributed by atoms with Gasteiger partial charge >= 0.3 is 0 Å². The highest BCUT2D eigenvalue weighted by atomic mass is 32.2. The van der Waals surface area contributed by atoms with E-state index in [9.17, 15) is 12.8 Å². The quantitative estimate of drug-likeness (QED) is 0.697. The lowest BCUT2D eigenvalue weighted by Gasteiger charge is -2.31. The summed E-state index contributed by atoms with van der Waals surface area (Å²) in [5.41, 5.74) is -1.50. The van der Waals surface area contributed by atoms with Crippen LogP contribution >= 0.6 is 0 Å². The molecule has 0 radical (unpaired) electrons. The minimum Gasteiger partial charge on any atom is -0.314 e. The molecule has 0 aromatic rings. The molecule has 1 atom stereocenters. The van der Waals surface area contributed by atoms with E-state index in [1.54, 1.807) is 0 Å². The second kappa shape index (κ2) is 3.99. The number of rotatable bonds is 2. The van der Waals surface area contributed by atoms with E-state index in [2.05, 4.69) is 5.32 Å². The smallest absolute Gasteiger partial charge is 0.153 e. The molecule has 2 rings (SSSR count). The molecule has 2 aliphatic heterocycles. The van der Waals surface area contributed by atoms with Gasteiger partial charge in [-0.3, -0.25) is 4.90 Å². The molecule has 2 heterocycles. The number of hydrogen-bond donors (Lipinski definition) is 1. The summed E-state index contributed by atoms with van der Waals surface area (Å²) in [6.07, 6.45) is 0.166. The van der Waals surface area contributed by atoms with Crippen molar-refractivity contribution in [3.8, 4) is 0 Å². The zero-order valence-electron chi connectivity index (χ0n) is 8.71. The van der Waals surface area contributed by atoms with Crippen molar-refractivity contribution in [3.05, 3.63) is 0 Å². The first-order valence-electron chi connectivity index (χ1n) is 5.32. The molecule has 1 N–H and O–H groups in total. The maximum absolute atomic E-state index is 14.2. The fraction of sp³-hybridized carbons (Fsp3) is 1.00. The van der Waals surface area contributed by atoms with Crippen molar-refractivity contribution in [2.75, 3.05) is 44.2 Å². The Balaban J connectivity index is 1.93. The van der Waals surface area contributed by atoms with Crippen LogP contribution in [0.25, 0.3) is 0 Å². The summed E-state index contributed by atoms with van der Waals surface area (Å²) in [5.74, 6) is -0.278. The molecule has 2 fully saturated rings. The van der Waals surface area contributed by atoms with Gasteiger partial charge in [-0.05, 0) is 6.42 Å². The van der Waals surface area contributed by atoms with E-state index in [0.29, 0.717) is 0 Å². The van der Waals surface area contributed by atoms with Crippen LogP contribution in [0.5, 0.6) is 0 Å². The lowest BCUT2D eigenvalue weighted by molar-refractivity contribution is 0.106. The number of sulfone groups is 1. The molecule has 0 aromatic carbocycles. The van der Waals surface area contributed by atoms with Gasteiger partial charge in [0.2, 0.25) is 0 Å². The Labute approximate surface area is 89.7 Å². The van der Waals surface area contributed by atoms with Crippen LogP contribution in [0.3, 0.4) is 0 Å². The number of halogens is 1. The highest BCUT2D eigenvalue weighted by Gasteiger charge is 2.43. The van der Waals surface area contributed by atoms with Crippen molar-refractivity contribution in [2.24, 2.45) is 0 Å². The van der Waals surface area contributed by atoms with Crippen molar-refractivity contribution < 1.29 is 12.8 Å².